The highest BCUT2D eigenvalue weighted by Gasteiger charge is 2.45. The second-order valence-electron chi connectivity index (χ2n) is 17.1. The number of primary amides is 1. The maximum atomic E-state index is 14.4. The second kappa shape index (κ2) is 22.6. The lowest BCUT2D eigenvalue weighted by molar-refractivity contribution is -0.162. The van der Waals surface area contributed by atoms with Gasteiger partial charge in [0, 0.05) is 13.0 Å². The minimum Gasteiger partial charge on any atom is -0.458 e. The molecule has 1 aliphatic heterocycles. The summed E-state index contributed by atoms with van der Waals surface area (Å²) < 4.78 is 22.1. The van der Waals surface area contributed by atoms with Gasteiger partial charge in [-0.15, -0.1) is 0 Å². The summed E-state index contributed by atoms with van der Waals surface area (Å²) in [5.41, 5.74) is 3.99. The van der Waals surface area contributed by atoms with E-state index in [2.05, 4.69) is 21.3 Å². The first-order chi connectivity index (χ1) is 26.5. The smallest absolute Gasteiger partial charge is 0.407 e. The number of carbonyl (C=O) groups is 8. The van der Waals surface area contributed by atoms with E-state index in [0.717, 1.165) is 19.3 Å². The molecule has 0 bridgehead atoms. The number of hydrogen-bond acceptors (Lipinski definition) is 12. The molecule has 0 aromatic carbocycles. The van der Waals surface area contributed by atoms with E-state index in [1.165, 1.54) is 4.90 Å². The average Bonchev–Trinajstić information content (AvgIpc) is 3.55. The van der Waals surface area contributed by atoms with Gasteiger partial charge < -0.3 is 50.8 Å². The third kappa shape index (κ3) is 17.8. The topological polar surface area (TPSA) is 251 Å². The number of hydrogen-bond donors (Lipinski definition) is 5. The number of carbonyl (C=O) groups excluding carboxylic acids is 8. The van der Waals surface area contributed by atoms with Crippen LogP contribution in [0.3, 0.4) is 0 Å². The number of rotatable bonds is 20. The monoisotopic (exact) mass is 810 g/mol. The molecular formula is C39H66N6O12. The Bertz CT molecular complexity index is 1420. The van der Waals surface area contributed by atoms with Crippen LogP contribution >= 0.6 is 0 Å². The van der Waals surface area contributed by atoms with E-state index in [1.54, 1.807) is 48.5 Å². The zero-order valence-electron chi connectivity index (χ0n) is 35.2. The van der Waals surface area contributed by atoms with Crippen molar-refractivity contribution >= 4 is 47.4 Å². The number of alkyl carbamates (subject to hydrolysis) is 1. The summed E-state index contributed by atoms with van der Waals surface area (Å²) in [6, 6.07) is -4.75. The van der Waals surface area contributed by atoms with Gasteiger partial charge >= 0.3 is 12.1 Å². The molecule has 0 radical (unpaired) electrons. The average molecular weight is 811 g/mol. The molecule has 0 aromatic heterocycles. The van der Waals surface area contributed by atoms with Crippen LogP contribution in [0.4, 0.5) is 4.79 Å². The molecule has 2 rings (SSSR count). The first-order valence-electron chi connectivity index (χ1n) is 19.9. The van der Waals surface area contributed by atoms with Crippen LogP contribution in [-0.2, 0) is 52.5 Å². The third-order valence-corrected chi connectivity index (χ3v) is 9.12. The number of ether oxygens (including phenoxy) is 4. The predicted molar refractivity (Wildman–Crippen MR) is 207 cm³/mol. The van der Waals surface area contributed by atoms with Crippen molar-refractivity contribution in [3.05, 3.63) is 0 Å². The summed E-state index contributed by atoms with van der Waals surface area (Å²) in [4.78, 5) is 106. The van der Waals surface area contributed by atoms with Gasteiger partial charge in [-0.3, -0.25) is 28.8 Å². The van der Waals surface area contributed by atoms with Crippen molar-refractivity contribution in [1.82, 2.24) is 26.2 Å². The fourth-order valence-corrected chi connectivity index (χ4v) is 6.41. The number of nitrogens with two attached hydrogens (primary N) is 1. The molecule has 18 heteroatoms. The van der Waals surface area contributed by atoms with Crippen LogP contribution in [0.2, 0.25) is 0 Å². The maximum absolute atomic E-state index is 14.4. The van der Waals surface area contributed by atoms with Crippen molar-refractivity contribution in [2.24, 2.45) is 17.6 Å². The Morgan fingerprint density at radius 1 is 0.842 bits per heavy atom. The Balaban J connectivity index is 2.27. The van der Waals surface area contributed by atoms with Crippen LogP contribution in [0.25, 0.3) is 0 Å². The molecule has 1 heterocycles. The summed E-state index contributed by atoms with van der Waals surface area (Å²) in [5.74, 6) is -5.98. The molecule has 0 aromatic rings. The lowest BCUT2D eigenvalue weighted by Gasteiger charge is -2.34. The Morgan fingerprint density at radius 3 is 2.05 bits per heavy atom. The van der Waals surface area contributed by atoms with Crippen molar-refractivity contribution < 1.29 is 57.3 Å². The Labute approximate surface area is 336 Å². The van der Waals surface area contributed by atoms with Crippen molar-refractivity contribution in [2.45, 2.75) is 155 Å². The highest BCUT2D eigenvalue weighted by molar-refractivity contribution is 6.38. The summed E-state index contributed by atoms with van der Waals surface area (Å²) in [5, 5.41) is 9.95. The van der Waals surface area contributed by atoms with Crippen molar-refractivity contribution in [2.75, 3.05) is 32.9 Å². The van der Waals surface area contributed by atoms with Gasteiger partial charge in [-0.1, -0.05) is 46.5 Å². The standard InChI is InChI=1S/C39H66N6O12/c1-10-14-26(32(48)35(51)41-18-29(46)42-27(33(40)49)21-56-38(4,5)6)43-34(50)28-17-25(54-22-30(47)57-39(7,8)9)19-45(28)36(52)31(24-15-12-11-13-16-24)44-37(53)55-20-23(2)3/h23-28,31H,10-22H2,1-9H3,(H2,40,49)(H,41,51)(H,42,46)(H,43,50)(H,44,53)/t25-,26?,27?,28+,31?/m1/s1. The summed E-state index contributed by atoms with van der Waals surface area (Å²) in [7, 11) is 0. The molecule has 3 unspecified atom stereocenters. The van der Waals surface area contributed by atoms with Crippen LogP contribution in [0.15, 0.2) is 0 Å². The molecule has 324 valence electrons. The highest BCUT2D eigenvalue weighted by atomic mass is 16.6. The van der Waals surface area contributed by atoms with E-state index in [4.69, 9.17) is 24.7 Å². The van der Waals surface area contributed by atoms with Crippen LogP contribution in [0.1, 0.15) is 114 Å². The lowest BCUT2D eigenvalue weighted by atomic mass is 9.83. The van der Waals surface area contributed by atoms with Crippen LogP contribution in [-0.4, -0.2) is 127 Å². The van der Waals surface area contributed by atoms with Gasteiger partial charge in [0.05, 0.1) is 37.5 Å². The fraction of sp³-hybridized carbons (Fsp3) is 0.795. The predicted octanol–water partition coefficient (Wildman–Crippen LogP) is 1.40. The van der Waals surface area contributed by atoms with Gasteiger partial charge in [0.15, 0.2) is 0 Å². The van der Waals surface area contributed by atoms with Crippen molar-refractivity contribution in [3.63, 3.8) is 0 Å². The molecule has 5 atom stereocenters. The zero-order valence-corrected chi connectivity index (χ0v) is 35.2. The number of ketones is 1. The molecule has 1 aliphatic carbocycles. The Hall–Kier alpha value is -4.32. The normalized spacial score (nSPS) is 19.2. The Morgan fingerprint density at radius 2 is 1.49 bits per heavy atom. The molecule has 2 fully saturated rings. The number of nitrogens with zero attached hydrogens (tertiary/aromatic N) is 1. The van der Waals surface area contributed by atoms with E-state index >= 15 is 0 Å². The molecule has 57 heavy (non-hydrogen) atoms. The molecule has 1 saturated carbocycles. The van der Waals surface area contributed by atoms with E-state index < -0.39 is 102 Å². The summed E-state index contributed by atoms with van der Waals surface area (Å²) in [6.45, 7) is 14.6. The quantitative estimate of drug-likeness (QED) is 0.0865. The van der Waals surface area contributed by atoms with Gasteiger partial charge in [0.1, 0.15) is 30.3 Å². The number of likely N-dealkylation sites (tertiary alicyclic amines) is 1. The van der Waals surface area contributed by atoms with Crippen LogP contribution in [0, 0.1) is 11.8 Å². The Kier molecular flexibility index (Phi) is 19.3. The van der Waals surface area contributed by atoms with E-state index in [-0.39, 0.29) is 44.4 Å². The molecular weight excluding hydrogens is 744 g/mol. The zero-order chi connectivity index (χ0) is 43.1. The summed E-state index contributed by atoms with van der Waals surface area (Å²) >= 11 is 0. The van der Waals surface area contributed by atoms with E-state index in [1.807, 2.05) is 13.8 Å². The van der Waals surface area contributed by atoms with Crippen LogP contribution < -0.4 is 27.0 Å². The minimum atomic E-state index is -1.33. The molecule has 6 amide bonds. The molecule has 6 N–H and O–H groups in total. The third-order valence-electron chi connectivity index (χ3n) is 9.12. The van der Waals surface area contributed by atoms with Crippen LogP contribution in [0.5, 0.6) is 0 Å². The SMILES string of the molecule is CCCC(NC(=O)[C@@H]1C[C@@H](OCC(=O)OC(C)(C)C)CN1C(=O)C(NC(=O)OCC(C)C)C1CCCCC1)C(=O)C(=O)NCC(=O)NC(COC(C)(C)C)C(N)=O. The maximum Gasteiger partial charge on any atom is 0.407 e. The van der Waals surface area contributed by atoms with E-state index in [9.17, 15) is 38.4 Å². The lowest BCUT2D eigenvalue weighted by Crippen LogP contribution is -2.58. The fourth-order valence-electron chi connectivity index (χ4n) is 6.41. The summed E-state index contributed by atoms with van der Waals surface area (Å²) in [6.07, 6.45) is 2.82. The number of esters is 1. The first kappa shape index (κ1) is 48.8. The second-order valence-corrected chi connectivity index (χ2v) is 17.1. The largest absolute Gasteiger partial charge is 0.458 e. The van der Waals surface area contributed by atoms with Crippen molar-refractivity contribution in [3.8, 4) is 0 Å². The minimum absolute atomic E-state index is 0.0469. The number of nitrogens with one attached hydrogen (secondary N) is 4. The molecule has 18 nitrogen and oxygen atoms in total. The number of amides is 6. The highest BCUT2D eigenvalue weighted by Crippen LogP contribution is 2.30. The molecule has 1 saturated heterocycles. The number of Topliss-reactive ketones (excluding diaryl/α,β-unsaturated/α-hetero) is 1. The first-order valence-corrected chi connectivity index (χ1v) is 19.9. The van der Waals surface area contributed by atoms with Gasteiger partial charge in [-0.25, -0.2) is 9.59 Å². The molecule has 0 spiro atoms. The van der Waals surface area contributed by atoms with Gasteiger partial charge in [-0.2, -0.15) is 0 Å². The van der Waals surface area contributed by atoms with Gasteiger partial charge in [0.2, 0.25) is 29.4 Å². The van der Waals surface area contributed by atoms with Gasteiger partial charge in [-0.05, 0) is 72.6 Å². The van der Waals surface area contributed by atoms with E-state index in [0.29, 0.717) is 19.3 Å². The molecule has 2 aliphatic rings. The van der Waals surface area contributed by atoms with Crippen molar-refractivity contribution in [1.29, 1.82) is 0 Å². The van der Waals surface area contributed by atoms with Gasteiger partial charge in [0.25, 0.3) is 5.91 Å².